The van der Waals surface area contributed by atoms with Crippen LogP contribution in [0.5, 0.6) is 0 Å². The van der Waals surface area contributed by atoms with E-state index in [4.69, 9.17) is 16.0 Å². The van der Waals surface area contributed by atoms with Crippen molar-refractivity contribution in [1.82, 2.24) is 10.3 Å². The Morgan fingerprint density at radius 2 is 2.09 bits per heavy atom. The first-order chi connectivity index (χ1) is 11.1. The third-order valence-electron chi connectivity index (χ3n) is 3.55. The molecule has 23 heavy (non-hydrogen) atoms. The van der Waals surface area contributed by atoms with Gasteiger partial charge < -0.3 is 9.73 Å². The van der Waals surface area contributed by atoms with Crippen molar-refractivity contribution >= 4 is 28.6 Å². The van der Waals surface area contributed by atoms with Crippen molar-refractivity contribution in [3.8, 4) is 0 Å². The molecule has 0 aliphatic rings. The number of rotatable bonds is 5. The number of aromatic nitrogens is 1. The molecule has 0 aliphatic carbocycles. The number of aryl methyl sites for hydroxylation is 1. The third-order valence-corrected chi connectivity index (χ3v) is 3.78. The van der Waals surface area contributed by atoms with Crippen molar-refractivity contribution < 1.29 is 9.21 Å². The molecule has 0 fully saturated rings. The van der Waals surface area contributed by atoms with Crippen LogP contribution < -0.4 is 5.32 Å². The normalized spacial score (nSPS) is 10.9. The molecule has 1 N–H and O–H groups in total. The average molecular weight is 329 g/mol. The third kappa shape index (κ3) is 4.11. The lowest BCUT2D eigenvalue weighted by molar-refractivity contribution is -0.120. The molecule has 0 spiro atoms. The van der Waals surface area contributed by atoms with Crippen LogP contribution in [0.4, 0.5) is 0 Å². The molecule has 0 bridgehead atoms. The van der Waals surface area contributed by atoms with E-state index < -0.39 is 0 Å². The summed E-state index contributed by atoms with van der Waals surface area (Å²) in [5.41, 5.74) is 3.56. The summed E-state index contributed by atoms with van der Waals surface area (Å²) in [6.07, 6.45) is 1.09. The number of amides is 1. The van der Waals surface area contributed by atoms with E-state index in [9.17, 15) is 4.79 Å². The monoisotopic (exact) mass is 328 g/mol. The van der Waals surface area contributed by atoms with E-state index in [1.807, 2.05) is 49.4 Å². The Labute approximate surface area is 139 Å². The Morgan fingerprint density at radius 1 is 1.22 bits per heavy atom. The second-order valence-electron chi connectivity index (χ2n) is 5.44. The summed E-state index contributed by atoms with van der Waals surface area (Å²) in [5.74, 6) is 0.620. The molecule has 0 radical (unpaired) electrons. The fourth-order valence-electron chi connectivity index (χ4n) is 2.48. The molecule has 1 aromatic heterocycles. The summed E-state index contributed by atoms with van der Waals surface area (Å²) in [7, 11) is 0. The van der Waals surface area contributed by atoms with E-state index in [0.717, 1.165) is 28.6 Å². The minimum Gasteiger partial charge on any atom is -0.441 e. The topological polar surface area (TPSA) is 55.1 Å². The highest BCUT2D eigenvalue weighted by molar-refractivity contribution is 6.30. The Hall–Kier alpha value is -2.33. The van der Waals surface area contributed by atoms with E-state index in [0.29, 0.717) is 23.9 Å². The van der Waals surface area contributed by atoms with E-state index in [1.165, 1.54) is 0 Å². The molecule has 0 saturated heterocycles. The molecule has 1 heterocycles. The molecular weight excluding hydrogens is 312 g/mol. The lowest BCUT2D eigenvalue weighted by atomic mass is 10.1. The van der Waals surface area contributed by atoms with Gasteiger partial charge in [0.1, 0.15) is 5.52 Å². The van der Waals surface area contributed by atoms with Crippen LogP contribution in [0, 0.1) is 6.92 Å². The zero-order valence-electron chi connectivity index (χ0n) is 12.8. The van der Waals surface area contributed by atoms with Crippen molar-refractivity contribution in [2.75, 3.05) is 6.54 Å². The standard InChI is InChI=1S/C18H17ClN2O2/c1-12-21-16-10-14(5-6-17(16)23-12)11-18(22)20-8-7-13-3-2-4-15(19)9-13/h2-6,9-10H,7-8,11H2,1H3,(H,20,22). The van der Waals surface area contributed by atoms with Gasteiger partial charge in [-0.25, -0.2) is 4.98 Å². The highest BCUT2D eigenvalue weighted by Crippen LogP contribution is 2.17. The van der Waals surface area contributed by atoms with Crippen LogP contribution in [0.25, 0.3) is 11.1 Å². The molecule has 0 aliphatic heterocycles. The maximum absolute atomic E-state index is 12.0. The molecule has 118 valence electrons. The number of hydrogen-bond acceptors (Lipinski definition) is 3. The maximum Gasteiger partial charge on any atom is 0.224 e. The molecule has 4 nitrogen and oxygen atoms in total. The predicted octanol–water partition coefficient (Wildman–Crippen LogP) is 3.69. The van der Waals surface area contributed by atoms with Gasteiger partial charge in [-0.3, -0.25) is 4.79 Å². The SMILES string of the molecule is Cc1nc2cc(CC(=O)NCCc3cccc(Cl)c3)ccc2o1. The van der Waals surface area contributed by atoms with Gasteiger partial charge in [0.25, 0.3) is 0 Å². The van der Waals surface area contributed by atoms with E-state index >= 15 is 0 Å². The van der Waals surface area contributed by atoms with Gasteiger partial charge in [-0.05, 0) is 41.8 Å². The van der Waals surface area contributed by atoms with Crippen LogP contribution in [0.3, 0.4) is 0 Å². The van der Waals surface area contributed by atoms with Crippen molar-refractivity contribution in [3.63, 3.8) is 0 Å². The van der Waals surface area contributed by atoms with Crippen molar-refractivity contribution in [2.45, 2.75) is 19.8 Å². The lowest BCUT2D eigenvalue weighted by Gasteiger charge is -2.06. The van der Waals surface area contributed by atoms with Gasteiger partial charge in [0.05, 0.1) is 6.42 Å². The number of benzene rings is 2. The van der Waals surface area contributed by atoms with Crippen LogP contribution in [0.15, 0.2) is 46.9 Å². The second kappa shape index (κ2) is 6.84. The van der Waals surface area contributed by atoms with E-state index in [1.54, 1.807) is 0 Å². The number of carbonyl (C=O) groups excluding carboxylic acids is 1. The average Bonchev–Trinajstić information content (AvgIpc) is 2.86. The van der Waals surface area contributed by atoms with Crippen molar-refractivity contribution in [3.05, 3.63) is 64.5 Å². The first-order valence-electron chi connectivity index (χ1n) is 7.47. The minimum atomic E-state index is -0.00778. The first-order valence-corrected chi connectivity index (χ1v) is 7.85. The van der Waals surface area contributed by atoms with Crippen molar-refractivity contribution in [2.24, 2.45) is 0 Å². The summed E-state index contributed by atoms with van der Waals surface area (Å²) < 4.78 is 5.43. The van der Waals surface area contributed by atoms with E-state index in [-0.39, 0.29) is 5.91 Å². The summed E-state index contributed by atoms with van der Waals surface area (Å²) in [4.78, 5) is 16.3. The van der Waals surface area contributed by atoms with Gasteiger partial charge in [0.2, 0.25) is 5.91 Å². The highest BCUT2D eigenvalue weighted by Gasteiger charge is 2.07. The van der Waals surface area contributed by atoms with Crippen LogP contribution in [-0.2, 0) is 17.6 Å². The predicted molar refractivity (Wildman–Crippen MR) is 90.6 cm³/mol. The zero-order chi connectivity index (χ0) is 16.2. The van der Waals surface area contributed by atoms with Gasteiger partial charge in [0.15, 0.2) is 11.5 Å². The van der Waals surface area contributed by atoms with Gasteiger partial charge in [0, 0.05) is 18.5 Å². The molecule has 0 unspecified atom stereocenters. The number of hydrogen-bond donors (Lipinski definition) is 1. The molecule has 0 saturated carbocycles. The lowest BCUT2D eigenvalue weighted by Crippen LogP contribution is -2.27. The number of fused-ring (bicyclic) bond motifs is 1. The van der Waals surface area contributed by atoms with Crippen LogP contribution in [-0.4, -0.2) is 17.4 Å². The quantitative estimate of drug-likeness (QED) is 0.777. The Kier molecular flexibility index (Phi) is 4.63. The smallest absolute Gasteiger partial charge is 0.224 e. The molecule has 1 amide bonds. The highest BCUT2D eigenvalue weighted by atomic mass is 35.5. The van der Waals surface area contributed by atoms with Crippen molar-refractivity contribution in [1.29, 1.82) is 0 Å². The Morgan fingerprint density at radius 3 is 2.91 bits per heavy atom. The fraction of sp³-hybridized carbons (Fsp3) is 0.222. The number of halogens is 1. The minimum absolute atomic E-state index is 0.00778. The molecular formula is C18H17ClN2O2. The molecule has 5 heteroatoms. The second-order valence-corrected chi connectivity index (χ2v) is 5.88. The molecule has 2 aromatic carbocycles. The van der Waals surface area contributed by atoms with Gasteiger partial charge >= 0.3 is 0 Å². The largest absolute Gasteiger partial charge is 0.441 e. The van der Waals surface area contributed by atoms with Gasteiger partial charge in [-0.15, -0.1) is 0 Å². The Bertz CT molecular complexity index is 842. The molecule has 0 atom stereocenters. The summed E-state index contributed by atoms with van der Waals surface area (Å²) in [5, 5.41) is 3.64. The van der Waals surface area contributed by atoms with Crippen LogP contribution >= 0.6 is 11.6 Å². The number of nitrogens with zero attached hydrogens (tertiary/aromatic N) is 1. The van der Waals surface area contributed by atoms with Gasteiger partial charge in [-0.2, -0.15) is 0 Å². The molecule has 3 aromatic rings. The number of nitrogens with one attached hydrogen (secondary N) is 1. The van der Waals surface area contributed by atoms with Crippen LogP contribution in [0.2, 0.25) is 5.02 Å². The summed E-state index contributed by atoms with van der Waals surface area (Å²) in [6, 6.07) is 13.3. The maximum atomic E-state index is 12.0. The van der Waals surface area contributed by atoms with Crippen LogP contribution in [0.1, 0.15) is 17.0 Å². The van der Waals surface area contributed by atoms with E-state index in [2.05, 4.69) is 10.3 Å². The van der Waals surface area contributed by atoms with Gasteiger partial charge in [-0.1, -0.05) is 29.8 Å². The summed E-state index contributed by atoms with van der Waals surface area (Å²) >= 11 is 5.94. The fourth-order valence-corrected chi connectivity index (χ4v) is 2.70. The summed E-state index contributed by atoms with van der Waals surface area (Å²) in [6.45, 7) is 2.40. The first kappa shape index (κ1) is 15.6. The number of carbonyl (C=O) groups is 1. The Balaban J connectivity index is 1.53. The number of oxazole rings is 1. The molecule has 3 rings (SSSR count). The zero-order valence-corrected chi connectivity index (χ0v) is 13.6.